The van der Waals surface area contributed by atoms with Crippen LogP contribution in [0.25, 0.3) is 0 Å². The third kappa shape index (κ3) is 6.70. The van der Waals surface area contributed by atoms with Crippen LogP contribution in [0.3, 0.4) is 0 Å². The number of carbonyl (C=O) groups is 2. The third-order valence-electron chi connectivity index (χ3n) is 5.31. The molecule has 1 aromatic rings. The molecule has 1 atom stereocenters. The normalized spacial score (nSPS) is 19.4. The molecule has 0 saturated heterocycles. The zero-order valence-corrected chi connectivity index (χ0v) is 19.7. The number of allylic oxidation sites excluding steroid dienone is 1. The molecule has 184 valence electrons. The van der Waals surface area contributed by atoms with Crippen molar-refractivity contribution in [1.82, 2.24) is 15.6 Å². The lowest BCUT2D eigenvalue weighted by atomic mass is 10.2. The summed E-state index contributed by atoms with van der Waals surface area (Å²) in [5, 5.41) is 14.9. The molecule has 1 unspecified atom stereocenters. The SMILES string of the molecule is COCCN=C(C)C=C(N)C(=O)Nc1ccc(OC2=NN3C=C(NC(=O)C4CC4)NC3C=C2)cc1. The minimum Gasteiger partial charge on any atom is -0.438 e. The predicted octanol–water partition coefficient (Wildman–Crippen LogP) is 1.39. The summed E-state index contributed by atoms with van der Waals surface area (Å²) in [6, 6.07) is 6.85. The van der Waals surface area contributed by atoms with Crippen LogP contribution in [0.15, 0.2) is 70.3 Å². The van der Waals surface area contributed by atoms with E-state index in [1.807, 2.05) is 6.08 Å². The summed E-state index contributed by atoms with van der Waals surface area (Å²) in [7, 11) is 1.60. The first-order valence-electron chi connectivity index (χ1n) is 11.3. The molecule has 0 spiro atoms. The minimum absolute atomic E-state index is 0.0304. The average Bonchev–Trinajstić information content (AvgIpc) is 3.61. The highest BCUT2D eigenvalue weighted by molar-refractivity contribution is 6.08. The van der Waals surface area contributed by atoms with E-state index in [-0.39, 0.29) is 23.7 Å². The van der Waals surface area contributed by atoms with Crippen molar-refractivity contribution in [1.29, 1.82) is 0 Å². The molecule has 11 heteroatoms. The molecule has 1 aromatic carbocycles. The van der Waals surface area contributed by atoms with Gasteiger partial charge in [0.25, 0.3) is 5.91 Å². The van der Waals surface area contributed by atoms with Gasteiger partial charge in [0.2, 0.25) is 11.8 Å². The monoisotopic (exact) mass is 479 g/mol. The average molecular weight is 480 g/mol. The number of hydrogen-bond acceptors (Lipinski definition) is 9. The van der Waals surface area contributed by atoms with Gasteiger partial charge in [0.05, 0.1) is 25.0 Å². The van der Waals surface area contributed by atoms with Crippen LogP contribution in [0.2, 0.25) is 0 Å². The van der Waals surface area contributed by atoms with Gasteiger partial charge in [-0.05, 0) is 56.2 Å². The van der Waals surface area contributed by atoms with E-state index in [1.165, 1.54) is 6.08 Å². The summed E-state index contributed by atoms with van der Waals surface area (Å²) in [5.41, 5.74) is 7.13. The van der Waals surface area contributed by atoms with Crippen LogP contribution in [0.4, 0.5) is 5.69 Å². The third-order valence-corrected chi connectivity index (χ3v) is 5.31. The van der Waals surface area contributed by atoms with E-state index in [9.17, 15) is 9.59 Å². The van der Waals surface area contributed by atoms with Crippen molar-refractivity contribution >= 4 is 29.1 Å². The molecular formula is C24H29N7O4. The molecule has 1 aliphatic carbocycles. The molecule has 1 saturated carbocycles. The second kappa shape index (κ2) is 10.9. The van der Waals surface area contributed by atoms with Crippen molar-refractivity contribution in [2.45, 2.75) is 25.9 Å². The van der Waals surface area contributed by atoms with E-state index in [0.717, 1.165) is 12.8 Å². The molecule has 2 aliphatic heterocycles. The van der Waals surface area contributed by atoms with E-state index >= 15 is 0 Å². The molecule has 2 amide bonds. The summed E-state index contributed by atoms with van der Waals surface area (Å²) in [6.07, 6.45) is 8.61. The van der Waals surface area contributed by atoms with Crippen LogP contribution in [0.5, 0.6) is 5.75 Å². The van der Waals surface area contributed by atoms with E-state index in [0.29, 0.717) is 42.0 Å². The maximum Gasteiger partial charge on any atom is 0.271 e. The molecule has 5 N–H and O–H groups in total. The number of carbonyl (C=O) groups excluding carboxylic acids is 2. The van der Waals surface area contributed by atoms with Gasteiger partial charge in [-0.25, -0.2) is 5.01 Å². The van der Waals surface area contributed by atoms with Crippen molar-refractivity contribution in [3.63, 3.8) is 0 Å². The van der Waals surface area contributed by atoms with Crippen molar-refractivity contribution in [3.8, 4) is 5.75 Å². The number of aliphatic imine (C=N–C) groups is 1. The summed E-state index contributed by atoms with van der Waals surface area (Å²) in [5.74, 6) is 1.28. The lowest BCUT2D eigenvalue weighted by Gasteiger charge is -2.22. The number of nitrogens with zero attached hydrogens (tertiary/aromatic N) is 3. The fourth-order valence-electron chi connectivity index (χ4n) is 3.31. The molecule has 2 heterocycles. The van der Waals surface area contributed by atoms with E-state index in [4.69, 9.17) is 15.2 Å². The zero-order valence-electron chi connectivity index (χ0n) is 19.7. The quantitative estimate of drug-likeness (QED) is 0.238. The molecule has 1 fully saturated rings. The van der Waals surface area contributed by atoms with Crippen molar-refractivity contribution in [2.24, 2.45) is 21.7 Å². The Balaban J connectivity index is 1.30. The zero-order chi connectivity index (χ0) is 24.8. The fourth-order valence-corrected chi connectivity index (χ4v) is 3.31. The maximum atomic E-state index is 12.3. The molecule has 0 radical (unpaired) electrons. The van der Waals surface area contributed by atoms with Crippen LogP contribution in [0, 0.1) is 5.92 Å². The molecule has 3 aliphatic rings. The van der Waals surface area contributed by atoms with Crippen LogP contribution >= 0.6 is 0 Å². The number of fused-ring (bicyclic) bond motifs is 1. The van der Waals surface area contributed by atoms with Gasteiger partial charge in [-0.2, -0.15) is 0 Å². The largest absolute Gasteiger partial charge is 0.438 e. The smallest absolute Gasteiger partial charge is 0.271 e. The van der Waals surface area contributed by atoms with Crippen molar-refractivity contribution < 1.29 is 19.1 Å². The Morgan fingerprint density at radius 2 is 2.06 bits per heavy atom. The van der Waals surface area contributed by atoms with Crippen LogP contribution in [0.1, 0.15) is 19.8 Å². The highest BCUT2D eigenvalue weighted by Gasteiger charge is 2.32. The van der Waals surface area contributed by atoms with Crippen LogP contribution in [-0.2, 0) is 14.3 Å². The van der Waals surface area contributed by atoms with E-state index in [1.54, 1.807) is 55.6 Å². The summed E-state index contributed by atoms with van der Waals surface area (Å²) >= 11 is 0. The highest BCUT2D eigenvalue weighted by atomic mass is 16.5. The molecule has 0 bridgehead atoms. The summed E-state index contributed by atoms with van der Waals surface area (Å²) < 4.78 is 10.8. The van der Waals surface area contributed by atoms with Gasteiger partial charge < -0.3 is 31.2 Å². The van der Waals surface area contributed by atoms with Crippen molar-refractivity contribution in [3.05, 3.63) is 60.2 Å². The van der Waals surface area contributed by atoms with Gasteiger partial charge in [0.1, 0.15) is 17.7 Å². The Morgan fingerprint density at radius 3 is 2.77 bits per heavy atom. The summed E-state index contributed by atoms with van der Waals surface area (Å²) in [4.78, 5) is 28.5. The van der Waals surface area contributed by atoms with Crippen LogP contribution in [-0.4, -0.2) is 54.9 Å². The number of benzene rings is 1. The maximum absolute atomic E-state index is 12.3. The van der Waals surface area contributed by atoms with Gasteiger partial charge in [0, 0.05) is 30.5 Å². The van der Waals surface area contributed by atoms with E-state index < -0.39 is 5.91 Å². The minimum atomic E-state index is -0.427. The summed E-state index contributed by atoms with van der Waals surface area (Å²) in [6.45, 7) is 2.77. The van der Waals surface area contributed by atoms with Crippen LogP contribution < -0.4 is 26.4 Å². The molecule has 35 heavy (non-hydrogen) atoms. The first-order valence-corrected chi connectivity index (χ1v) is 11.3. The molecule has 0 aromatic heterocycles. The lowest BCUT2D eigenvalue weighted by Crippen LogP contribution is -2.38. The Hall–Kier alpha value is -4.12. The Bertz CT molecular complexity index is 1120. The van der Waals surface area contributed by atoms with Gasteiger partial charge in [-0.15, -0.1) is 5.10 Å². The number of hydrazone groups is 1. The number of rotatable bonds is 9. The fraction of sp³-hybridized carbons (Fsp3) is 0.333. The Kier molecular flexibility index (Phi) is 7.46. The number of nitrogens with one attached hydrogen (secondary N) is 3. The second-order valence-corrected chi connectivity index (χ2v) is 8.27. The molecule has 4 rings (SSSR count). The first kappa shape index (κ1) is 24.0. The Labute approximate surface area is 203 Å². The Morgan fingerprint density at radius 1 is 1.29 bits per heavy atom. The number of nitrogens with two attached hydrogens (primary N) is 1. The van der Waals surface area contributed by atoms with Gasteiger partial charge in [0.15, 0.2) is 0 Å². The first-order chi connectivity index (χ1) is 16.9. The van der Waals surface area contributed by atoms with Gasteiger partial charge in [-0.3, -0.25) is 14.6 Å². The second-order valence-electron chi connectivity index (χ2n) is 8.27. The van der Waals surface area contributed by atoms with Gasteiger partial charge >= 0.3 is 0 Å². The molecular weight excluding hydrogens is 450 g/mol. The topological polar surface area (TPSA) is 143 Å². The number of anilines is 1. The number of hydrogen-bond donors (Lipinski definition) is 4. The van der Waals surface area contributed by atoms with E-state index in [2.05, 4.69) is 26.0 Å². The van der Waals surface area contributed by atoms with Gasteiger partial charge in [-0.1, -0.05) is 0 Å². The van der Waals surface area contributed by atoms with Crippen molar-refractivity contribution in [2.75, 3.05) is 25.6 Å². The molecule has 11 nitrogen and oxygen atoms in total. The number of methoxy groups -OCH3 is 1. The lowest BCUT2D eigenvalue weighted by molar-refractivity contribution is -0.121. The number of ether oxygens (including phenoxy) is 2. The highest BCUT2D eigenvalue weighted by Crippen LogP contribution is 2.29. The standard InChI is InChI=1S/C24H29N7O4/c1-15(26-11-12-34-2)13-19(25)24(33)27-17-5-7-18(8-6-17)35-22-10-9-21-28-20(14-31(21)30-22)29-23(32)16-3-4-16/h5-10,13-14,16,21,28H,3-4,11-12,25H2,1-2H3,(H,27,33)(H,29,32). The predicted molar refractivity (Wildman–Crippen MR) is 132 cm³/mol. The number of amides is 2.